The molecule has 5 heteroatoms. The van der Waals surface area contributed by atoms with Gasteiger partial charge in [0.25, 0.3) is 0 Å². The number of carbonyl (C=O) groups is 1. The molecule has 3 rings (SSSR count). The third kappa shape index (κ3) is 3.11. The summed E-state index contributed by atoms with van der Waals surface area (Å²) in [7, 11) is 0. The fourth-order valence-electron chi connectivity index (χ4n) is 2.37. The van der Waals surface area contributed by atoms with Crippen LogP contribution in [0.5, 0.6) is 5.75 Å². The molecular formula is C19H15NO4. The normalized spacial score (nSPS) is 11.2. The van der Waals surface area contributed by atoms with Gasteiger partial charge in [-0.3, -0.25) is 0 Å². The number of hydrogen-bond acceptors (Lipinski definition) is 4. The van der Waals surface area contributed by atoms with Crippen molar-refractivity contribution in [3.05, 3.63) is 70.9 Å². The van der Waals surface area contributed by atoms with Gasteiger partial charge in [0.1, 0.15) is 11.1 Å². The lowest BCUT2D eigenvalue weighted by Crippen LogP contribution is -1.97. The molecule has 5 nitrogen and oxygen atoms in total. The number of hydrogen-bond donors (Lipinski definition) is 3. The molecule has 0 atom stereocenters. The van der Waals surface area contributed by atoms with E-state index in [2.05, 4.69) is 4.98 Å². The van der Waals surface area contributed by atoms with Gasteiger partial charge in [0.15, 0.2) is 5.75 Å². The Labute approximate surface area is 138 Å². The quantitative estimate of drug-likeness (QED) is 0.686. The van der Waals surface area contributed by atoms with Gasteiger partial charge in [0.05, 0.1) is 12.3 Å². The number of aliphatic hydroxyl groups is 1. The van der Waals surface area contributed by atoms with Crippen molar-refractivity contribution in [2.24, 2.45) is 0 Å². The van der Waals surface area contributed by atoms with Gasteiger partial charge in [0, 0.05) is 5.39 Å². The van der Waals surface area contributed by atoms with E-state index >= 15 is 0 Å². The van der Waals surface area contributed by atoms with Crippen molar-refractivity contribution >= 4 is 29.0 Å². The molecule has 0 unspecified atom stereocenters. The van der Waals surface area contributed by atoms with Crippen LogP contribution < -0.4 is 0 Å². The number of aromatic nitrogens is 1. The number of phenols is 1. The van der Waals surface area contributed by atoms with E-state index < -0.39 is 5.97 Å². The lowest BCUT2D eigenvalue weighted by Gasteiger charge is -2.05. The SMILES string of the molecule is O=C(O)c1ccc2ccc(/C=C/c3ccc(CO)cc3)nc2c1O. The zero-order chi connectivity index (χ0) is 17.1. The van der Waals surface area contributed by atoms with Crippen molar-refractivity contribution in [3.8, 4) is 5.75 Å². The molecule has 1 aromatic heterocycles. The van der Waals surface area contributed by atoms with E-state index in [-0.39, 0.29) is 23.4 Å². The Bertz CT molecular complexity index is 930. The molecule has 0 radical (unpaired) electrons. The summed E-state index contributed by atoms with van der Waals surface area (Å²) >= 11 is 0. The van der Waals surface area contributed by atoms with E-state index in [1.54, 1.807) is 24.3 Å². The van der Waals surface area contributed by atoms with Crippen LogP contribution in [0.1, 0.15) is 27.2 Å². The van der Waals surface area contributed by atoms with Crippen molar-refractivity contribution in [2.75, 3.05) is 0 Å². The number of aromatic hydroxyl groups is 1. The Hall–Kier alpha value is -3.18. The number of nitrogens with zero attached hydrogens (tertiary/aromatic N) is 1. The van der Waals surface area contributed by atoms with Gasteiger partial charge >= 0.3 is 5.97 Å². The highest BCUT2D eigenvalue weighted by atomic mass is 16.4. The van der Waals surface area contributed by atoms with Crippen LogP contribution in [-0.2, 0) is 6.61 Å². The lowest BCUT2D eigenvalue weighted by atomic mass is 10.1. The standard InChI is InChI=1S/C19H15NO4/c21-11-13-3-1-12(2-4-13)5-8-15-9-6-14-7-10-16(19(23)24)18(22)17(14)20-15/h1-10,21-22H,11H2,(H,23,24)/b8-5+. The van der Waals surface area contributed by atoms with Crippen molar-refractivity contribution in [1.29, 1.82) is 0 Å². The fourth-order valence-corrected chi connectivity index (χ4v) is 2.37. The smallest absolute Gasteiger partial charge is 0.339 e. The second-order valence-corrected chi connectivity index (χ2v) is 5.31. The van der Waals surface area contributed by atoms with Crippen molar-refractivity contribution in [2.45, 2.75) is 6.61 Å². The first-order valence-corrected chi connectivity index (χ1v) is 7.32. The third-order valence-electron chi connectivity index (χ3n) is 3.70. The summed E-state index contributed by atoms with van der Waals surface area (Å²) in [6.45, 7) is 0.00140. The molecule has 3 N–H and O–H groups in total. The number of aliphatic hydroxyl groups excluding tert-OH is 1. The number of carboxylic acids is 1. The van der Waals surface area contributed by atoms with E-state index in [9.17, 15) is 9.90 Å². The van der Waals surface area contributed by atoms with Gasteiger partial charge in [-0.2, -0.15) is 0 Å². The van der Waals surface area contributed by atoms with Gasteiger partial charge in [-0.15, -0.1) is 0 Å². The average molecular weight is 321 g/mol. The number of fused-ring (bicyclic) bond motifs is 1. The maximum absolute atomic E-state index is 11.1. The highest BCUT2D eigenvalue weighted by molar-refractivity contribution is 5.99. The van der Waals surface area contributed by atoms with Gasteiger partial charge < -0.3 is 15.3 Å². The summed E-state index contributed by atoms with van der Waals surface area (Å²) in [5.41, 5.74) is 2.47. The van der Waals surface area contributed by atoms with Crippen LogP contribution in [0.4, 0.5) is 0 Å². The van der Waals surface area contributed by atoms with E-state index in [0.717, 1.165) is 11.1 Å². The second kappa shape index (κ2) is 6.52. The Morgan fingerprint density at radius 2 is 1.71 bits per heavy atom. The largest absolute Gasteiger partial charge is 0.505 e. The fraction of sp³-hybridized carbons (Fsp3) is 0.0526. The van der Waals surface area contributed by atoms with Crippen LogP contribution in [-0.4, -0.2) is 26.3 Å². The summed E-state index contributed by atoms with van der Waals surface area (Å²) < 4.78 is 0. The minimum atomic E-state index is -1.19. The summed E-state index contributed by atoms with van der Waals surface area (Å²) in [6, 6.07) is 14.0. The molecule has 0 spiro atoms. The minimum absolute atomic E-state index is 0.00140. The Morgan fingerprint density at radius 1 is 1.00 bits per heavy atom. The van der Waals surface area contributed by atoms with Crippen LogP contribution >= 0.6 is 0 Å². The average Bonchev–Trinajstić information content (AvgIpc) is 2.60. The van der Waals surface area contributed by atoms with Crippen LogP contribution in [0, 0.1) is 0 Å². The van der Waals surface area contributed by atoms with Crippen molar-refractivity contribution in [3.63, 3.8) is 0 Å². The van der Waals surface area contributed by atoms with Gasteiger partial charge in [-0.05, 0) is 29.3 Å². The molecule has 0 amide bonds. The Morgan fingerprint density at radius 3 is 2.38 bits per heavy atom. The van der Waals surface area contributed by atoms with Crippen molar-refractivity contribution < 1.29 is 20.1 Å². The third-order valence-corrected chi connectivity index (χ3v) is 3.70. The zero-order valence-electron chi connectivity index (χ0n) is 12.7. The number of pyridine rings is 1. The molecule has 0 saturated heterocycles. The molecule has 24 heavy (non-hydrogen) atoms. The number of aromatic carboxylic acids is 1. The molecule has 120 valence electrons. The molecule has 0 bridgehead atoms. The number of rotatable bonds is 4. The van der Waals surface area contributed by atoms with E-state index in [4.69, 9.17) is 10.2 Å². The summed E-state index contributed by atoms with van der Waals surface area (Å²) in [5, 5.41) is 28.9. The summed E-state index contributed by atoms with van der Waals surface area (Å²) in [5.74, 6) is -1.52. The molecule has 1 heterocycles. The maximum Gasteiger partial charge on any atom is 0.339 e. The number of benzene rings is 2. The highest BCUT2D eigenvalue weighted by Gasteiger charge is 2.13. The van der Waals surface area contributed by atoms with Gasteiger partial charge in [0.2, 0.25) is 0 Å². The summed E-state index contributed by atoms with van der Waals surface area (Å²) in [6.07, 6.45) is 3.63. The maximum atomic E-state index is 11.1. The molecule has 0 aliphatic rings. The number of carboxylic acid groups (broad SMARTS) is 1. The predicted octanol–water partition coefficient (Wildman–Crippen LogP) is 3.30. The first-order chi connectivity index (χ1) is 11.6. The van der Waals surface area contributed by atoms with E-state index in [1.165, 1.54) is 6.07 Å². The van der Waals surface area contributed by atoms with Crippen molar-refractivity contribution in [1.82, 2.24) is 4.98 Å². The van der Waals surface area contributed by atoms with Crippen LogP contribution in [0.25, 0.3) is 23.1 Å². The lowest BCUT2D eigenvalue weighted by molar-refractivity contribution is 0.0694. The molecule has 0 aliphatic carbocycles. The van der Waals surface area contributed by atoms with E-state index in [0.29, 0.717) is 11.1 Å². The van der Waals surface area contributed by atoms with Crippen LogP contribution in [0.2, 0.25) is 0 Å². The Balaban J connectivity index is 1.95. The second-order valence-electron chi connectivity index (χ2n) is 5.31. The monoisotopic (exact) mass is 321 g/mol. The molecule has 2 aromatic carbocycles. The highest BCUT2D eigenvalue weighted by Crippen LogP contribution is 2.27. The topological polar surface area (TPSA) is 90.7 Å². The Kier molecular flexibility index (Phi) is 4.26. The molecule has 0 saturated carbocycles. The molecule has 0 fully saturated rings. The first-order valence-electron chi connectivity index (χ1n) is 7.32. The van der Waals surface area contributed by atoms with Crippen LogP contribution in [0.15, 0.2) is 48.5 Å². The van der Waals surface area contributed by atoms with Gasteiger partial charge in [-0.1, -0.05) is 42.5 Å². The first kappa shape index (κ1) is 15.7. The van der Waals surface area contributed by atoms with Crippen LogP contribution in [0.3, 0.4) is 0 Å². The minimum Gasteiger partial charge on any atom is -0.505 e. The predicted molar refractivity (Wildman–Crippen MR) is 91.7 cm³/mol. The molecular weight excluding hydrogens is 306 g/mol. The zero-order valence-corrected chi connectivity index (χ0v) is 12.7. The molecule has 3 aromatic rings. The molecule has 0 aliphatic heterocycles. The van der Waals surface area contributed by atoms with E-state index in [1.807, 2.05) is 30.3 Å². The van der Waals surface area contributed by atoms with Gasteiger partial charge in [-0.25, -0.2) is 9.78 Å². The summed E-state index contributed by atoms with van der Waals surface area (Å²) in [4.78, 5) is 15.4.